The predicted octanol–water partition coefficient (Wildman–Crippen LogP) is 3.01. The molecule has 3 rings (SSSR count). The fourth-order valence-corrected chi connectivity index (χ4v) is 8.08. The molecule has 16 heteroatoms. The van der Waals surface area contributed by atoms with E-state index in [2.05, 4.69) is 0 Å². The van der Waals surface area contributed by atoms with Crippen molar-refractivity contribution < 1.29 is 72.4 Å². The summed E-state index contributed by atoms with van der Waals surface area (Å²) in [5, 5.41) is 34.6. The second-order valence-corrected chi connectivity index (χ2v) is 17.0. The van der Waals surface area contributed by atoms with Crippen LogP contribution in [-0.4, -0.2) is 151 Å². The molecule has 0 saturated carbocycles. The molecule has 6 unspecified atom stereocenters. The smallest absolute Gasteiger partial charge is 0.309 e. The molecular weight excluding hydrogens is 758 g/mol. The third-order valence-electron chi connectivity index (χ3n) is 10.9. The van der Waals surface area contributed by atoms with E-state index in [-0.39, 0.29) is 31.6 Å². The normalized spacial score (nSPS) is 40.7. The van der Waals surface area contributed by atoms with Crippen molar-refractivity contribution in [3.05, 3.63) is 24.3 Å². The average molecular weight is 828 g/mol. The van der Waals surface area contributed by atoms with Gasteiger partial charge in [0.2, 0.25) is 0 Å². The van der Waals surface area contributed by atoms with Crippen LogP contribution in [0.2, 0.25) is 0 Å². The van der Waals surface area contributed by atoms with Gasteiger partial charge in [-0.2, -0.15) is 0 Å². The Kier molecular flexibility index (Phi) is 19.4. The number of rotatable bonds is 12. The number of nitrogens with zero attached hydrogens (tertiary/aromatic N) is 1. The van der Waals surface area contributed by atoms with Crippen molar-refractivity contribution in [3.8, 4) is 0 Å². The SMILES string of the molecule is CO[C@H]1C(OC(C)=O)CC(=O)O[C@H](C)C/C=C/C=C\[C@H](O)[C@H](C)CC(CC=O)C1OC1OC(C)[C@@H](OC2C[C@@](C)(O)[C@@H](OC(=O)CC(C)C)[C@H](C)O2)[C@H](N(C)C)[C@H]1O. The van der Waals surface area contributed by atoms with E-state index in [0.717, 1.165) is 0 Å². The molecule has 0 aromatic heterocycles. The van der Waals surface area contributed by atoms with Crippen molar-refractivity contribution in [1.82, 2.24) is 4.90 Å². The van der Waals surface area contributed by atoms with E-state index < -0.39 is 121 Å². The molecule has 0 aliphatic carbocycles. The molecule has 2 saturated heterocycles. The summed E-state index contributed by atoms with van der Waals surface area (Å²) in [6.07, 6.45) is -4.11. The van der Waals surface area contributed by atoms with E-state index >= 15 is 0 Å². The van der Waals surface area contributed by atoms with Crippen LogP contribution < -0.4 is 0 Å². The Balaban J connectivity index is 1.98. The van der Waals surface area contributed by atoms with Crippen LogP contribution in [0.5, 0.6) is 0 Å². The maximum atomic E-state index is 13.2. The van der Waals surface area contributed by atoms with Gasteiger partial charge in [0.1, 0.15) is 42.4 Å². The molecule has 0 aromatic rings. The molecule has 0 spiro atoms. The van der Waals surface area contributed by atoms with Crippen LogP contribution in [0.3, 0.4) is 0 Å². The fourth-order valence-electron chi connectivity index (χ4n) is 8.08. The summed E-state index contributed by atoms with van der Waals surface area (Å²) < 4.78 is 48.6. The minimum Gasteiger partial charge on any atom is -0.462 e. The summed E-state index contributed by atoms with van der Waals surface area (Å²) >= 11 is 0. The number of esters is 3. The Bertz CT molecular complexity index is 1390. The molecule has 3 aliphatic heterocycles. The third-order valence-corrected chi connectivity index (χ3v) is 10.9. The van der Waals surface area contributed by atoms with Crippen LogP contribution in [0.1, 0.15) is 93.9 Å². The number of hydrogen-bond donors (Lipinski definition) is 3. The highest BCUT2D eigenvalue weighted by atomic mass is 16.7. The summed E-state index contributed by atoms with van der Waals surface area (Å²) in [4.78, 5) is 52.3. The second-order valence-electron chi connectivity index (χ2n) is 17.0. The average Bonchev–Trinajstić information content (AvgIpc) is 3.09. The molecule has 3 N–H and O–H groups in total. The molecule has 332 valence electrons. The van der Waals surface area contributed by atoms with E-state index in [0.29, 0.717) is 12.7 Å². The zero-order valence-corrected chi connectivity index (χ0v) is 36.1. The first-order chi connectivity index (χ1) is 27.2. The largest absolute Gasteiger partial charge is 0.462 e. The fraction of sp³-hybridized carbons (Fsp3) is 0.810. The summed E-state index contributed by atoms with van der Waals surface area (Å²) in [6.45, 7) is 13.5. The molecule has 0 amide bonds. The number of aliphatic hydroxyl groups excluding tert-OH is 2. The third kappa shape index (κ3) is 14.2. The first-order valence-corrected chi connectivity index (χ1v) is 20.4. The number of hydrogen-bond acceptors (Lipinski definition) is 16. The van der Waals surface area contributed by atoms with Crippen molar-refractivity contribution in [2.24, 2.45) is 17.8 Å². The van der Waals surface area contributed by atoms with Crippen molar-refractivity contribution >= 4 is 24.2 Å². The zero-order chi connectivity index (χ0) is 43.5. The number of aldehydes is 1. The summed E-state index contributed by atoms with van der Waals surface area (Å²) in [5.41, 5.74) is -1.50. The molecule has 0 aromatic carbocycles. The topological polar surface area (TPSA) is 206 Å². The Labute approximate surface area is 343 Å². The predicted molar refractivity (Wildman–Crippen MR) is 210 cm³/mol. The lowest BCUT2D eigenvalue weighted by Crippen LogP contribution is -2.66. The van der Waals surface area contributed by atoms with Crippen LogP contribution in [0.15, 0.2) is 24.3 Å². The van der Waals surface area contributed by atoms with Crippen LogP contribution in [0, 0.1) is 17.8 Å². The van der Waals surface area contributed by atoms with Crippen molar-refractivity contribution in [3.63, 3.8) is 0 Å². The molecule has 0 bridgehead atoms. The van der Waals surface area contributed by atoms with Gasteiger partial charge in [-0.3, -0.25) is 14.4 Å². The van der Waals surface area contributed by atoms with Crippen LogP contribution in [-0.2, 0) is 57.1 Å². The number of methoxy groups -OCH3 is 1. The van der Waals surface area contributed by atoms with Gasteiger partial charge in [-0.15, -0.1) is 0 Å². The minimum atomic E-state index is -1.50. The standard InChI is InChI=1S/C42H69NO15/c1-23(2)19-32(47)56-40-27(6)53-34(22-42(40,8)50)57-37-26(5)54-41(36(49)35(37)43(9)10)58-38-29(17-18-44)20-24(3)30(46)16-14-12-13-15-25(4)52-33(48)21-31(39(38)51-11)55-28(7)45/h12-14,16,18,23-27,29-31,34-41,46,49-50H,15,17,19-22H2,1-11H3/b13-12+,16-14-/t24-,25-,26?,27+,29?,30+,31?,34?,35-,36-,37-,38?,39+,40+,41?,42-/m1/s1. The lowest BCUT2D eigenvalue weighted by molar-refractivity contribution is -0.344. The molecule has 58 heavy (non-hydrogen) atoms. The molecule has 0 radical (unpaired) electrons. The van der Waals surface area contributed by atoms with Gasteiger partial charge in [0.05, 0.1) is 36.9 Å². The van der Waals surface area contributed by atoms with Crippen LogP contribution in [0.4, 0.5) is 0 Å². The monoisotopic (exact) mass is 827 g/mol. The maximum Gasteiger partial charge on any atom is 0.309 e. The summed E-state index contributed by atoms with van der Waals surface area (Å²) in [5.74, 6) is -2.82. The van der Waals surface area contributed by atoms with Gasteiger partial charge in [0, 0.05) is 39.7 Å². The van der Waals surface area contributed by atoms with E-state index in [1.54, 1.807) is 71.0 Å². The quantitative estimate of drug-likeness (QED) is 0.147. The van der Waals surface area contributed by atoms with Crippen LogP contribution in [0.25, 0.3) is 0 Å². The Morgan fingerprint density at radius 3 is 2.29 bits per heavy atom. The van der Waals surface area contributed by atoms with Gasteiger partial charge in [-0.05, 0) is 66.0 Å². The molecule has 3 heterocycles. The number of allylic oxidation sites excluding steroid dienone is 2. The van der Waals surface area contributed by atoms with Gasteiger partial charge < -0.3 is 62.9 Å². The molecule has 2 fully saturated rings. The molecule has 16 nitrogen and oxygen atoms in total. The van der Waals surface area contributed by atoms with Gasteiger partial charge in [-0.25, -0.2) is 0 Å². The minimum absolute atomic E-state index is 0.0460. The first kappa shape index (κ1) is 49.6. The molecular formula is C42H69NO15. The van der Waals surface area contributed by atoms with Gasteiger partial charge in [-0.1, -0.05) is 45.1 Å². The maximum absolute atomic E-state index is 13.2. The number of carbonyl (C=O) groups is 4. The Morgan fingerprint density at radius 1 is 1.02 bits per heavy atom. The van der Waals surface area contributed by atoms with Crippen molar-refractivity contribution in [1.29, 1.82) is 0 Å². The lowest BCUT2D eigenvalue weighted by atomic mass is 9.82. The Morgan fingerprint density at radius 2 is 1.71 bits per heavy atom. The first-order valence-electron chi connectivity index (χ1n) is 20.4. The van der Waals surface area contributed by atoms with Gasteiger partial charge in [0.15, 0.2) is 18.7 Å². The highest BCUT2D eigenvalue weighted by Gasteiger charge is 2.53. The lowest BCUT2D eigenvalue weighted by Gasteiger charge is -2.50. The molecule has 16 atom stereocenters. The van der Waals surface area contributed by atoms with E-state index in [9.17, 15) is 34.5 Å². The highest BCUT2D eigenvalue weighted by molar-refractivity contribution is 5.72. The number of likely N-dealkylation sites (N-methyl/N-ethyl adjacent to an activating group) is 1. The molecule has 3 aliphatic rings. The van der Waals surface area contributed by atoms with E-state index in [4.69, 9.17) is 37.9 Å². The van der Waals surface area contributed by atoms with Crippen molar-refractivity contribution in [2.75, 3.05) is 21.2 Å². The zero-order valence-electron chi connectivity index (χ0n) is 36.1. The van der Waals surface area contributed by atoms with Gasteiger partial charge in [0.25, 0.3) is 0 Å². The second kappa shape index (κ2) is 22.7. The van der Waals surface area contributed by atoms with E-state index in [1.807, 2.05) is 20.8 Å². The summed E-state index contributed by atoms with van der Waals surface area (Å²) in [6, 6.07) is -0.782. The van der Waals surface area contributed by atoms with Crippen LogP contribution >= 0.6 is 0 Å². The van der Waals surface area contributed by atoms with Gasteiger partial charge >= 0.3 is 17.9 Å². The number of cyclic esters (lactones) is 1. The summed E-state index contributed by atoms with van der Waals surface area (Å²) in [7, 11) is 4.86. The van der Waals surface area contributed by atoms with Crippen molar-refractivity contribution in [2.45, 2.75) is 179 Å². The highest BCUT2D eigenvalue weighted by Crippen LogP contribution is 2.38. The van der Waals surface area contributed by atoms with E-state index in [1.165, 1.54) is 14.0 Å². The Hall–Kier alpha value is -2.80. The number of aliphatic hydroxyl groups is 3. The number of ether oxygens (including phenoxy) is 8. The number of carbonyl (C=O) groups excluding carboxylic acids is 4.